The number of aromatic nitrogens is 4. The summed E-state index contributed by atoms with van der Waals surface area (Å²) in [6.45, 7) is 2.07. The molecule has 0 atom stereocenters. The maximum Gasteiger partial charge on any atom is 0.346 e. The molecule has 2 heterocycles. The van der Waals surface area contributed by atoms with Gasteiger partial charge in [0.1, 0.15) is 6.54 Å². The molecule has 4 aromatic rings. The first-order chi connectivity index (χ1) is 15.5. The van der Waals surface area contributed by atoms with E-state index in [9.17, 15) is 9.59 Å². The van der Waals surface area contributed by atoms with Gasteiger partial charge in [0, 0.05) is 39.6 Å². The van der Waals surface area contributed by atoms with Gasteiger partial charge in [0.25, 0.3) is 0 Å². The lowest BCUT2D eigenvalue weighted by molar-refractivity contribution is -0.119. The number of nitrogens with zero attached hydrogens (tertiary/aromatic N) is 3. The molecule has 5 rings (SSSR count). The lowest BCUT2D eigenvalue weighted by Crippen LogP contribution is -2.27. The van der Waals surface area contributed by atoms with Crippen LogP contribution in [0.4, 0.5) is 0 Å². The lowest BCUT2D eigenvalue weighted by Gasteiger charge is -2.03. The third-order valence-corrected chi connectivity index (χ3v) is 6.37. The van der Waals surface area contributed by atoms with Crippen LogP contribution in [0.5, 0.6) is 0 Å². The van der Waals surface area contributed by atoms with Crippen molar-refractivity contribution in [3.63, 3.8) is 0 Å². The van der Waals surface area contributed by atoms with Gasteiger partial charge in [-0.05, 0) is 68.5 Å². The van der Waals surface area contributed by atoms with Crippen LogP contribution in [0.25, 0.3) is 22.3 Å². The van der Waals surface area contributed by atoms with E-state index in [0.717, 1.165) is 42.5 Å². The molecular weight excluding hydrogens is 424 g/mol. The van der Waals surface area contributed by atoms with Gasteiger partial charge in [-0.15, -0.1) is 5.10 Å². The summed E-state index contributed by atoms with van der Waals surface area (Å²) < 4.78 is 3.05. The molecule has 7 heteroatoms. The van der Waals surface area contributed by atoms with E-state index < -0.39 is 0 Å². The number of rotatable bonds is 8. The first-order valence-corrected chi connectivity index (χ1v) is 11.4. The number of aromatic amines is 1. The number of hydrogen-bond acceptors (Lipinski definition) is 3. The van der Waals surface area contributed by atoms with Gasteiger partial charge < -0.3 is 4.98 Å². The molecule has 6 nitrogen and oxygen atoms in total. The van der Waals surface area contributed by atoms with Gasteiger partial charge in [-0.2, -0.15) is 0 Å². The predicted molar refractivity (Wildman–Crippen MR) is 126 cm³/mol. The van der Waals surface area contributed by atoms with Crippen molar-refractivity contribution in [1.82, 2.24) is 19.3 Å². The third kappa shape index (κ3) is 4.02. The average molecular weight is 449 g/mol. The number of carbonyl (C=O) groups excluding carboxylic acids is 1. The van der Waals surface area contributed by atoms with Crippen LogP contribution in [0.3, 0.4) is 0 Å². The van der Waals surface area contributed by atoms with E-state index >= 15 is 0 Å². The fourth-order valence-electron chi connectivity index (χ4n) is 4.35. The van der Waals surface area contributed by atoms with Crippen molar-refractivity contribution in [3.8, 4) is 11.4 Å². The highest BCUT2D eigenvalue weighted by Crippen LogP contribution is 2.36. The topological polar surface area (TPSA) is 72.7 Å². The number of halogens is 1. The van der Waals surface area contributed by atoms with Crippen LogP contribution < -0.4 is 5.69 Å². The first kappa shape index (κ1) is 20.8. The normalized spacial score (nSPS) is 13.7. The number of hydrogen-bond donors (Lipinski definition) is 1. The van der Waals surface area contributed by atoms with E-state index in [1.807, 2.05) is 24.3 Å². The molecule has 1 N–H and O–H groups in total. The summed E-state index contributed by atoms with van der Waals surface area (Å²) in [5.41, 5.74) is 4.15. The molecule has 0 radical (unpaired) electrons. The smallest absolute Gasteiger partial charge is 0.346 e. The van der Waals surface area contributed by atoms with Crippen molar-refractivity contribution < 1.29 is 4.79 Å². The average Bonchev–Trinajstić information content (AvgIpc) is 3.50. The highest BCUT2D eigenvalue weighted by Gasteiger charge is 2.30. The molecule has 0 bridgehead atoms. The number of para-hydroxylation sites is 1. The van der Waals surface area contributed by atoms with E-state index in [4.69, 9.17) is 11.6 Å². The summed E-state index contributed by atoms with van der Waals surface area (Å²) in [5.74, 6) is 0.629. The summed E-state index contributed by atoms with van der Waals surface area (Å²) in [5, 5.41) is 6.37. The molecule has 0 saturated heterocycles. The Morgan fingerprint density at radius 3 is 2.66 bits per heavy atom. The molecule has 0 aliphatic heterocycles. The number of aryl methyl sites for hydroxylation is 2. The van der Waals surface area contributed by atoms with Crippen molar-refractivity contribution in [2.75, 3.05) is 0 Å². The zero-order valence-electron chi connectivity index (χ0n) is 18.0. The summed E-state index contributed by atoms with van der Waals surface area (Å²) in [6.07, 6.45) is 3.90. The Kier molecular flexibility index (Phi) is 5.47. The largest absolute Gasteiger partial charge is 0.358 e. The minimum absolute atomic E-state index is 0.00596. The van der Waals surface area contributed by atoms with Gasteiger partial charge in [-0.1, -0.05) is 29.8 Å². The second kappa shape index (κ2) is 8.43. The fraction of sp³-hybridized carbons (Fsp3) is 0.320. The zero-order valence-corrected chi connectivity index (χ0v) is 18.7. The Bertz CT molecular complexity index is 1340. The number of benzene rings is 2. The third-order valence-electron chi connectivity index (χ3n) is 6.12. The van der Waals surface area contributed by atoms with E-state index in [-0.39, 0.29) is 24.1 Å². The summed E-state index contributed by atoms with van der Waals surface area (Å²) in [6, 6.07) is 15.7. The quantitative estimate of drug-likeness (QED) is 0.408. The zero-order chi connectivity index (χ0) is 22.2. The lowest BCUT2D eigenvalue weighted by atomic mass is 10.0. The Hall–Kier alpha value is -3.12. The van der Waals surface area contributed by atoms with Crippen molar-refractivity contribution in [3.05, 3.63) is 75.3 Å². The van der Waals surface area contributed by atoms with Crippen molar-refractivity contribution in [1.29, 1.82) is 0 Å². The van der Waals surface area contributed by atoms with Crippen LogP contribution >= 0.6 is 11.6 Å². The van der Waals surface area contributed by atoms with E-state index in [1.54, 1.807) is 16.7 Å². The number of carbonyl (C=O) groups is 1. The molecule has 1 aliphatic rings. The minimum Gasteiger partial charge on any atom is -0.358 e. The predicted octanol–water partition coefficient (Wildman–Crippen LogP) is 5.08. The number of ketones is 1. The number of nitrogens with one attached hydrogen (secondary N) is 1. The molecule has 0 amide bonds. The summed E-state index contributed by atoms with van der Waals surface area (Å²) >= 11 is 6.01. The van der Waals surface area contributed by atoms with Crippen molar-refractivity contribution in [2.45, 2.75) is 51.6 Å². The van der Waals surface area contributed by atoms with Crippen LogP contribution in [-0.4, -0.2) is 25.1 Å². The van der Waals surface area contributed by atoms with Gasteiger partial charge >= 0.3 is 5.69 Å². The Morgan fingerprint density at radius 2 is 1.91 bits per heavy atom. The molecule has 0 spiro atoms. The molecule has 2 aromatic heterocycles. The van der Waals surface area contributed by atoms with Crippen LogP contribution in [0.1, 0.15) is 43.0 Å². The van der Waals surface area contributed by atoms with Crippen molar-refractivity contribution in [2.24, 2.45) is 0 Å². The SMILES string of the molecule is Cc1[nH]c2ccccc2c1CCCC(=O)Cn1nc(-c2ccc(Cl)cc2)n(C2CC2)c1=O. The molecule has 32 heavy (non-hydrogen) atoms. The Labute approximate surface area is 190 Å². The second-order valence-corrected chi connectivity index (χ2v) is 8.97. The summed E-state index contributed by atoms with van der Waals surface area (Å²) in [4.78, 5) is 29.1. The molecule has 0 unspecified atom stereocenters. The van der Waals surface area contributed by atoms with Gasteiger partial charge in [-0.25, -0.2) is 9.48 Å². The van der Waals surface area contributed by atoms with Gasteiger partial charge in [0.05, 0.1) is 0 Å². The monoisotopic (exact) mass is 448 g/mol. The highest BCUT2D eigenvalue weighted by atomic mass is 35.5. The Morgan fingerprint density at radius 1 is 1.16 bits per heavy atom. The number of fused-ring (bicyclic) bond motifs is 1. The van der Waals surface area contributed by atoms with E-state index in [0.29, 0.717) is 17.3 Å². The van der Waals surface area contributed by atoms with E-state index in [2.05, 4.69) is 29.1 Å². The number of H-pyrrole nitrogens is 1. The van der Waals surface area contributed by atoms with Gasteiger partial charge in [0.2, 0.25) is 0 Å². The highest BCUT2D eigenvalue weighted by molar-refractivity contribution is 6.30. The van der Waals surface area contributed by atoms with Crippen LogP contribution in [0, 0.1) is 6.92 Å². The molecule has 1 saturated carbocycles. The fourth-order valence-corrected chi connectivity index (χ4v) is 4.47. The maximum absolute atomic E-state index is 13.0. The van der Waals surface area contributed by atoms with Crippen LogP contribution in [0.2, 0.25) is 5.02 Å². The molecule has 2 aromatic carbocycles. The molecule has 1 fully saturated rings. The van der Waals surface area contributed by atoms with Gasteiger partial charge in [0.15, 0.2) is 11.6 Å². The van der Waals surface area contributed by atoms with Crippen molar-refractivity contribution >= 4 is 28.3 Å². The standard InChI is InChI=1S/C25H25ClN4O2/c1-16-21(22-6-2-3-8-23(22)27-16)7-4-5-20(31)15-29-25(32)30(19-13-14-19)24(28-29)17-9-11-18(26)12-10-17/h2-3,6,8-12,19,27H,4-5,7,13-15H2,1H3. The molecule has 164 valence electrons. The molecule has 1 aliphatic carbocycles. The first-order valence-electron chi connectivity index (χ1n) is 11.0. The van der Waals surface area contributed by atoms with E-state index in [1.165, 1.54) is 15.6 Å². The van der Waals surface area contributed by atoms with Crippen LogP contribution in [-0.2, 0) is 17.8 Å². The maximum atomic E-state index is 13.0. The number of Topliss-reactive ketones (excluding diaryl/α,β-unsaturated/α-hetero) is 1. The Balaban J connectivity index is 1.29. The second-order valence-electron chi connectivity index (χ2n) is 8.54. The molecular formula is C25H25ClN4O2. The van der Waals surface area contributed by atoms with Gasteiger partial charge in [-0.3, -0.25) is 9.36 Å². The summed E-state index contributed by atoms with van der Waals surface area (Å²) in [7, 11) is 0. The van der Waals surface area contributed by atoms with Crippen LogP contribution in [0.15, 0.2) is 53.3 Å². The minimum atomic E-state index is -0.210.